The predicted octanol–water partition coefficient (Wildman–Crippen LogP) is 3.98. The van der Waals surface area contributed by atoms with E-state index in [1.165, 1.54) is 39.5 Å². The number of aryl methyl sites for hydroxylation is 2. The molecule has 0 saturated carbocycles. The Bertz CT molecular complexity index is 807. The van der Waals surface area contributed by atoms with E-state index in [9.17, 15) is 9.59 Å². The van der Waals surface area contributed by atoms with Gasteiger partial charge in [-0.15, -0.1) is 11.3 Å². The highest BCUT2D eigenvalue weighted by atomic mass is 32.1. The average molecular weight is 378 g/mol. The smallest absolute Gasteiger partial charge is 0.267 e. The Kier molecular flexibility index (Phi) is 5.24. The quantitative estimate of drug-likeness (QED) is 0.876. The summed E-state index contributed by atoms with van der Waals surface area (Å²) in [6.45, 7) is 4.02. The standard InChI is InChI=1S/C18H23N3O2S2/c1-5-11-6-7-13-12(8-11)9-14(24-13)16(22)20-18-19-10(2)15(25-18)17(23)21(3)4/h9,11H,5-8H2,1-4H3,(H,19,20,22). The van der Waals surface area contributed by atoms with Crippen LogP contribution >= 0.6 is 22.7 Å². The Hall–Kier alpha value is -1.73. The summed E-state index contributed by atoms with van der Waals surface area (Å²) in [4.78, 5) is 33.2. The minimum Gasteiger partial charge on any atom is -0.344 e. The molecule has 2 aromatic rings. The molecule has 0 bridgehead atoms. The van der Waals surface area contributed by atoms with E-state index >= 15 is 0 Å². The number of thiazole rings is 1. The molecule has 5 nitrogen and oxygen atoms in total. The Morgan fingerprint density at radius 3 is 2.80 bits per heavy atom. The number of carbonyl (C=O) groups excluding carboxylic acids is 2. The predicted molar refractivity (Wildman–Crippen MR) is 103 cm³/mol. The van der Waals surface area contributed by atoms with Crippen LogP contribution in [0.2, 0.25) is 0 Å². The first-order valence-corrected chi connectivity index (χ1v) is 10.1. The zero-order valence-electron chi connectivity index (χ0n) is 15.0. The molecule has 0 saturated heterocycles. The third-order valence-electron chi connectivity index (χ3n) is 4.60. The third-order valence-corrected chi connectivity index (χ3v) is 6.90. The number of amides is 2. The molecule has 25 heavy (non-hydrogen) atoms. The fourth-order valence-electron chi connectivity index (χ4n) is 3.07. The van der Waals surface area contributed by atoms with Crippen LogP contribution in [-0.4, -0.2) is 35.8 Å². The van der Waals surface area contributed by atoms with Gasteiger partial charge in [0.25, 0.3) is 11.8 Å². The molecule has 0 fully saturated rings. The van der Waals surface area contributed by atoms with Crippen LogP contribution in [0, 0.1) is 12.8 Å². The first-order valence-electron chi connectivity index (χ1n) is 8.51. The lowest BCUT2D eigenvalue weighted by Crippen LogP contribution is -2.21. The molecular formula is C18H23N3O2S2. The number of aromatic nitrogens is 1. The topological polar surface area (TPSA) is 62.3 Å². The van der Waals surface area contributed by atoms with Gasteiger partial charge in [-0.1, -0.05) is 24.7 Å². The van der Waals surface area contributed by atoms with Crippen molar-refractivity contribution in [3.63, 3.8) is 0 Å². The Labute approximate surface area is 156 Å². The molecule has 2 aromatic heterocycles. The van der Waals surface area contributed by atoms with Crippen LogP contribution in [0.25, 0.3) is 0 Å². The fourth-order valence-corrected chi connectivity index (χ4v) is 5.16. The molecule has 1 atom stereocenters. The van der Waals surface area contributed by atoms with Crippen LogP contribution in [-0.2, 0) is 12.8 Å². The minimum absolute atomic E-state index is 0.0901. The summed E-state index contributed by atoms with van der Waals surface area (Å²) < 4.78 is 0. The van der Waals surface area contributed by atoms with Crippen molar-refractivity contribution in [1.29, 1.82) is 0 Å². The number of anilines is 1. The Morgan fingerprint density at radius 2 is 2.12 bits per heavy atom. The number of hydrogen-bond acceptors (Lipinski definition) is 5. The van der Waals surface area contributed by atoms with Crippen LogP contribution in [0.5, 0.6) is 0 Å². The van der Waals surface area contributed by atoms with Crippen molar-refractivity contribution < 1.29 is 9.59 Å². The number of carbonyl (C=O) groups is 2. The van der Waals surface area contributed by atoms with Gasteiger partial charge in [0.05, 0.1) is 10.6 Å². The number of nitrogens with zero attached hydrogens (tertiary/aromatic N) is 2. The number of nitrogens with one attached hydrogen (secondary N) is 1. The monoisotopic (exact) mass is 377 g/mol. The molecule has 0 radical (unpaired) electrons. The summed E-state index contributed by atoms with van der Waals surface area (Å²) in [6.07, 6.45) is 4.56. The van der Waals surface area contributed by atoms with Crippen LogP contribution in [0.1, 0.15) is 55.2 Å². The summed E-state index contributed by atoms with van der Waals surface area (Å²) in [7, 11) is 3.42. The van der Waals surface area contributed by atoms with Gasteiger partial charge >= 0.3 is 0 Å². The highest BCUT2D eigenvalue weighted by Crippen LogP contribution is 2.34. The van der Waals surface area contributed by atoms with Crippen molar-refractivity contribution in [2.75, 3.05) is 19.4 Å². The van der Waals surface area contributed by atoms with Crippen molar-refractivity contribution in [1.82, 2.24) is 9.88 Å². The Balaban J connectivity index is 1.74. The molecule has 0 aromatic carbocycles. The van der Waals surface area contributed by atoms with Crippen LogP contribution in [0.15, 0.2) is 6.07 Å². The van der Waals surface area contributed by atoms with E-state index in [1.54, 1.807) is 32.4 Å². The van der Waals surface area contributed by atoms with E-state index in [-0.39, 0.29) is 11.8 Å². The molecule has 1 N–H and O–H groups in total. The van der Waals surface area contributed by atoms with Crippen molar-refractivity contribution in [2.24, 2.45) is 5.92 Å². The van der Waals surface area contributed by atoms with Crippen LogP contribution in [0.3, 0.4) is 0 Å². The summed E-state index contributed by atoms with van der Waals surface area (Å²) in [5.74, 6) is 0.511. The highest BCUT2D eigenvalue weighted by molar-refractivity contribution is 7.18. The molecule has 0 spiro atoms. The zero-order chi connectivity index (χ0) is 18.1. The normalized spacial score (nSPS) is 16.4. The highest BCUT2D eigenvalue weighted by Gasteiger charge is 2.23. The van der Waals surface area contributed by atoms with Gasteiger partial charge in [-0.25, -0.2) is 4.98 Å². The van der Waals surface area contributed by atoms with Gasteiger partial charge in [0.15, 0.2) is 5.13 Å². The number of fused-ring (bicyclic) bond motifs is 1. The molecule has 2 heterocycles. The van der Waals surface area contributed by atoms with Crippen molar-refractivity contribution in [3.8, 4) is 0 Å². The number of hydrogen-bond donors (Lipinski definition) is 1. The van der Waals surface area contributed by atoms with E-state index in [4.69, 9.17) is 0 Å². The second kappa shape index (κ2) is 7.25. The number of rotatable bonds is 4. The van der Waals surface area contributed by atoms with Crippen molar-refractivity contribution in [3.05, 3.63) is 32.0 Å². The first kappa shape index (κ1) is 18.1. The van der Waals surface area contributed by atoms with E-state index < -0.39 is 0 Å². The van der Waals surface area contributed by atoms with Crippen molar-refractivity contribution in [2.45, 2.75) is 39.5 Å². The molecule has 2 amide bonds. The average Bonchev–Trinajstić information content (AvgIpc) is 3.16. The van der Waals surface area contributed by atoms with E-state index in [0.717, 1.165) is 23.6 Å². The van der Waals surface area contributed by atoms with Gasteiger partial charge in [0.2, 0.25) is 0 Å². The zero-order valence-corrected chi connectivity index (χ0v) is 16.6. The maximum Gasteiger partial charge on any atom is 0.267 e. The molecule has 1 unspecified atom stereocenters. The molecule has 1 aliphatic carbocycles. The number of thiophene rings is 1. The molecule has 3 rings (SSSR count). The maximum atomic E-state index is 12.6. The summed E-state index contributed by atoms with van der Waals surface area (Å²) in [5.41, 5.74) is 1.97. The third kappa shape index (κ3) is 3.77. The molecule has 1 aliphatic rings. The van der Waals surface area contributed by atoms with Gasteiger partial charge in [-0.3, -0.25) is 14.9 Å². The first-order chi connectivity index (χ1) is 11.9. The summed E-state index contributed by atoms with van der Waals surface area (Å²) in [5, 5.41) is 3.33. The lowest BCUT2D eigenvalue weighted by molar-refractivity contribution is 0.0831. The van der Waals surface area contributed by atoms with Gasteiger partial charge in [-0.05, 0) is 43.7 Å². The second-order valence-corrected chi connectivity index (χ2v) is 8.80. The largest absolute Gasteiger partial charge is 0.344 e. The van der Waals surface area contributed by atoms with Crippen LogP contribution < -0.4 is 5.32 Å². The van der Waals surface area contributed by atoms with Crippen LogP contribution in [0.4, 0.5) is 5.13 Å². The molecule has 0 aliphatic heterocycles. The van der Waals surface area contributed by atoms with Gasteiger partial charge < -0.3 is 4.90 Å². The van der Waals surface area contributed by atoms with Gasteiger partial charge in [0, 0.05) is 19.0 Å². The van der Waals surface area contributed by atoms with E-state index in [2.05, 4.69) is 17.2 Å². The summed E-state index contributed by atoms with van der Waals surface area (Å²) >= 11 is 2.82. The van der Waals surface area contributed by atoms with Crippen molar-refractivity contribution >= 4 is 39.6 Å². The molecule has 7 heteroatoms. The minimum atomic E-state index is -0.134. The van der Waals surface area contributed by atoms with Gasteiger partial charge in [-0.2, -0.15) is 0 Å². The molecular weight excluding hydrogens is 354 g/mol. The van der Waals surface area contributed by atoms with E-state index in [0.29, 0.717) is 15.7 Å². The maximum absolute atomic E-state index is 12.6. The van der Waals surface area contributed by atoms with Gasteiger partial charge in [0.1, 0.15) is 4.88 Å². The lowest BCUT2D eigenvalue weighted by Gasteiger charge is -2.19. The van der Waals surface area contributed by atoms with E-state index in [1.807, 2.05) is 6.07 Å². The molecule has 134 valence electrons. The summed E-state index contributed by atoms with van der Waals surface area (Å²) in [6, 6.07) is 2.03. The Morgan fingerprint density at radius 1 is 1.36 bits per heavy atom. The lowest BCUT2D eigenvalue weighted by atomic mass is 9.87. The SMILES string of the molecule is CCC1CCc2sc(C(=O)Nc3nc(C)c(C(=O)N(C)C)s3)cc2C1. The second-order valence-electron chi connectivity index (χ2n) is 6.66. The fraction of sp³-hybridized carbons (Fsp3) is 0.500.